The van der Waals surface area contributed by atoms with E-state index in [2.05, 4.69) is 124 Å². The van der Waals surface area contributed by atoms with Crippen LogP contribution in [-0.4, -0.2) is 95.2 Å². The molecule has 1 saturated heterocycles. The van der Waals surface area contributed by atoms with E-state index in [1.165, 1.54) is 4.40 Å². The minimum absolute atomic E-state index is 0.0293. The number of imidazole rings is 2. The maximum Gasteiger partial charge on any atom is 0.287 e. The van der Waals surface area contributed by atoms with E-state index >= 15 is 0 Å². The summed E-state index contributed by atoms with van der Waals surface area (Å²) in [6, 6.07) is 2.36. The molecule has 4 rings (SSSR count). The molecule has 3 aromatic heterocycles. The van der Waals surface area contributed by atoms with Crippen molar-refractivity contribution in [3.63, 3.8) is 0 Å². The lowest BCUT2D eigenvalue weighted by Gasteiger charge is -2.42. The molecular weight excluding hydrogens is 766 g/mol. The van der Waals surface area contributed by atoms with Crippen LogP contribution < -0.4 is 5.56 Å². The molecule has 0 bridgehead atoms. The van der Waals surface area contributed by atoms with Gasteiger partial charge in [-0.05, 0) is 69.4 Å². The fraction of sp³-hybridized carbons (Fsp3) is 0.795. The SMILES string of the molecule is Cc1cn2c(=O)c3ncn([C@@H]4O[C@H](CO[Si](C)(C)C(C)(C)C)[C@@H](OP(OCCC#N)N(C(C)C)C(C)C)[C@H]4OCO[Si](C(C)C)(C(C)C)C(C)C)c3n(C)c2n1. The van der Waals surface area contributed by atoms with Gasteiger partial charge in [-0.25, -0.2) is 19.0 Å². The standard InChI is InChI=1S/C39H70N7O7PSi2/c1-25(2)46(26(3)4)54(49-20-18-19-40)53-33-31(22-50-55(16,17)39(12,13)14)52-37(34(33)48-24-51-56(27(5)6,28(7)8)29(9)10)45-23-41-32-35(45)43(15)38-42-30(11)21-44(38)36(32)47/h21,23,25-29,31,33-34,37H,18,20,22,24H2,1-17H3/t31-,33-,34-,37-,54?/m1/s1. The Labute approximate surface area is 338 Å². The summed E-state index contributed by atoms with van der Waals surface area (Å²) in [6.45, 7) is 35.4. The molecule has 1 aliphatic rings. The molecule has 5 atom stereocenters. The maximum absolute atomic E-state index is 13.8. The molecule has 0 aliphatic carbocycles. The summed E-state index contributed by atoms with van der Waals surface area (Å²) in [5, 5.41) is 9.41. The van der Waals surface area contributed by atoms with Crippen molar-refractivity contribution in [1.29, 1.82) is 5.26 Å². The van der Waals surface area contributed by atoms with E-state index in [1.807, 2.05) is 23.1 Å². The first kappa shape index (κ1) is 46.7. The molecule has 0 spiro atoms. The Balaban J connectivity index is 1.92. The van der Waals surface area contributed by atoms with E-state index in [0.29, 0.717) is 28.0 Å². The highest BCUT2D eigenvalue weighted by Crippen LogP contribution is 2.51. The normalized spacial score (nSPS) is 20.7. The molecule has 1 fully saturated rings. The lowest BCUT2D eigenvalue weighted by molar-refractivity contribution is -0.111. The third-order valence-electron chi connectivity index (χ3n) is 11.7. The monoisotopic (exact) mass is 835 g/mol. The largest absolute Gasteiger partial charge is 0.414 e. The average molecular weight is 836 g/mol. The maximum atomic E-state index is 13.8. The summed E-state index contributed by atoms with van der Waals surface area (Å²) in [7, 11) is -4.42. The number of ether oxygens (including phenoxy) is 2. The summed E-state index contributed by atoms with van der Waals surface area (Å²) in [5.41, 5.74) is 2.33. The van der Waals surface area contributed by atoms with Gasteiger partial charge in [0.2, 0.25) is 14.1 Å². The Morgan fingerprint density at radius 1 is 1.00 bits per heavy atom. The molecule has 4 heterocycles. The van der Waals surface area contributed by atoms with Gasteiger partial charge < -0.3 is 27.4 Å². The highest BCUT2D eigenvalue weighted by Gasteiger charge is 2.52. The molecule has 316 valence electrons. The van der Waals surface area contributed by atoms with E-state index in [9.17, 15) is 10.1 Å². The van der Waals surface area contributed by atoms with Crippen LogP contribution in [0.25, 0.3) is 16.9 Å². The number of aryl methyl sites for hydroxylation is 2. The van der Waals surface area contributed by atoms with Crippen LogP contribution >= 0.6 is 8.53 Å². The van der Waals surface area contributed by atoms with Gasteiger partial charge in [0, 0.05) is 25.3 Å². The fourth-order valence-corrected chi connectivity index (χ4v) is 16.1. The zero-order valence-electron chi connectivity index (χ0n) is 37.1. The van der Waals surface area contributed by atoms with Crippen molar-refractivity contribution in [3.8, 4) is 6.07 Å². The summed E-state index contributed by atoms with van der Waals surface area (Å²) >= 11 is 0. The van der Waals surface area contributed by atoms with Crippen molar-refractivity contribution in [2.45, 2.75) is 175 Å². The number of aromatic nitrogens is 5. The van der Waals surface area contributed by atoms with Gasteiger partial charge in [-0.2, -0.15) is 5.26 Å². The molecule has 56 heavy (non-hydrogen) atoms. The number of rotatable bonds is 19. The first-order valence-electron chi connectivity index (χ1n) is 20.2. The highest BCUT2D eigenvalue weighted by molar-refractivity contribution is 7.44. The molecule has 0 aromatic carbocycles. The van der Waals surface area contributed by atoms with E-state index in [-0.39, 0.29) is 54.6 Å². The zero-order valence-corrected chi connectivity index (χ0v) is 40.0. The minimum Gasteiger partial charge on any atom is -0.414 e. The number of nitriles is 1. The van der Waals surface area contributed by atoms with Crippen LogP contribution in [0.1, 0.15) is 108 Å². The van der Waals surface area contributed by atoms with Crippen molar-refractivity contribution < 1.29 is 27.4 Å². The third-order valence-corrected chi connectivity index (χ3v) is 24.4. The van der Waals surface area contributed by atoms with Crippen molar-refractivity contribution in [3.05, 3.63) is 28.6 Å². The molecule has 0 amide bonds. The van der Waals surface area contributed by atoms with Gasteiger partial charge in [-0.3, -0.25) is 13.9 Å². The second kappa shape index (κ2) is 18.5. The van der Waals surface area contributed by atoms with Gasteiger partial charge in [0.25, 0.3) is 14.1 Å². The highest BCUT2D eigenvalue weighted by atomic mass is 31.2. The molecule has 0 radical (unpaired) electrons. The van der Waals surface area contributed by atoms with E-state index < -0.39 is 49.7 Å². The Morgan fingerprint density at radius 2 is 1.61 bits per heavy atom. The smallest absolute Gasteiger partial charge is 0.287 e. The van der Waals surface area contributed by atoms with Crippen LogP contribution in [0.4, 0.5) is 0 Å². The molecule has 17 heteroatoms. The predicted molar refractivity (Wildman–Crippen MR) is 227 cm³/mol. The van der Waals surface area contributed by atoms with E-state index in [4.69, 9.17) is 27.4 Å². The number of hydrogen-bond donors (Lipinski definition) is 0. The van der Waals surface area contributed by atoms with Crippen molar-refractivity contribution in [1.82, 2.24) is 28.2 Å². The summed E-state index contributed by atoms with van der Waals surface area (Å²) in [5.74, 6) is 0.492. The molecule has 14 nitrogen and oxygen atoms in total. The second-order valence-electron chi connectivity index (χ2n) is 18.2. The first-order chi connectivity index (χ1) is 26.0. The summed E-state index contributed by atoms with van der Waals surface area (Å²) in [6.07, 6.45) is 0.774. The van der Waals surface area contributed by atoms with E-state index in [0.717, 1.165) is 5.69 Å². The van der Waals surface area contributed by atoms with E-state index in [1.54, 1.807) is 12.5 Å². The fourth-order valence-electron chi connectivity index (χ4n) is 8.09. The van der Waals surface area contributed by atoms with Gasteiger partial charge in [0.15, 0.2) is 25.7 Å². The molecule has 1 unspecified atom stereocenters. The van der Waals surface area contributed by atoms with Crippen LogP contribution in [-0.2, 0) is 34.4 Å². The van der Waals surface area contributed by atoms with Crippen LogP contribution in [0.5, 0.6) is 0 Å². The van der Waals surface area contributed by atoms with Gasteiger partial charge >= 0.3 is 0 Å². The van der Waals surface area contributed by atoms with Crippen LogP contribution in [0.2, 0.25) is 34.8 Å². The van der Waals surface area contributed by atoms with Crippen LogP contribution in [0.15, 0.2) is 17.3 Å². The molecular formula is C39H70N7O7PSi2. The van der Waals surface area contributed by atoms with Gasteiger partial charge in [-0.1, -0.05) is 62.3 Å². The molecule has 0 saturated carbocycles. The Kier molecular flexibility index (Phi) is 15.4. The molecule has 1 aliphatic heterocycles. The third kappa shape index (κ3) is 9.38. The predicted octanol–water partition coefficient (Wildman–Crippen LogP) is 8.81. The van der Waals surface area contributed by atoms with Crippen molar-refractivity contribution in [2.75, 3.05) is 20.0 Å². The lowest BCUT2D eigenvalue weighted by Crippen LogP contribution is -2.49. The summed E-state index contributed by atoms with van der Waals surface area (Å²) in [4.78, 5) is 23.1. The topological polar surface area (TPSA) is 140 Å². The number of nitrogens with zero attached hydrogens (tertiary/aromatic N) is 7. The van der Waals surface area contributed by atoms with Crippen LogP contribution in [0, 0.1) is 18.3 Å². The Morgan fingerprint density at radius 3 is 2.14 bits per heavy atom. The average Bonchev–Trinajstić information content (AvgIpc) is 3.79. The van der Waals surface area contributed by atoms with Gasteiger partial charge in [0.05, 0.1) is 37.7 Å². The zero-order chi connectivity index (χ0) is 42.1. The molecule has 0 N–H and O–H groups in total. The Hall–Kier alpha value is -2.04. The second-order valence-corrected chi connectivity index (χ2v) is 29.9. The van der Waals surface area contributed by atoms with Gasteiger partial charge in [-0.15, -0.1) is 0 Å². The molecule has 3 aromatic rings. The lowest BCUT2D eigenvalue weighted by atomic mass is 10.1. The van der Waals surface area contributed by atoms with Gasteiger partial charge in [0.1, 0.15) is 25.1 Å². The number of hydrogen-bond acceptors (Lipinski definition) is 11. The number of fused-ring (bicyclic) bond motifs is 2. The minimum atomic E-state index is -2.34. The quantitative estimate of drug-likeness (QED) is 0.0496. The van der Waals surface area contributed by atoms with Crippen molar-refractivity contribution >= 4 is 42.1 Å². The Bertz CT molecular complexity index is 1830. The van der Waals surface area contributed by atoms with Crippen molar-refractivity contribution in [2.24, 2.45) is 7.05 Å². The summed E-state index contributed by atoms with van der Waals surface area (Å²) < 4.78 is 49.1. The first-order valence-corrected chi connectivity index (χ1v) is 26.4. The van der Waals surface area contributed by atoms with Crippen LogP contribution in [0.3, 0.4) is 0 Å².